The molecule has 0 unspecified atom stereocenters. The maximum absolute atomic E-state index is 12.1. The maximum atomic E-state index is 12.1. The first-order chi connectivity index (χ1) is 13.0. The highest BCUT2D eigenvalue weighted by atomic mass is 16.6. The summed E-state index contributed by atoms with van der Waals surface area (Å²) in [6.45, 7) is 2.44. The lowest BCUT2D eigenvalue weighted by atomic mass is 10.2. The Morgan fingerprint density at radius 2 is 1.96 bits per heavy atom. The zero-order valence-corrected chi connectivity index (χ0v) is 15.6. The number of hydrogen-bond donors (Lipinski definition) is 1. The lowest BCUT2D eigenvalue weighted by Gasteiger charge is -2.15. The van der Waals surface area contributed by atoms with Crippen molar-refractivity contribution in [2.24, 2.45) is 0 Å². The second-order valence-electron chi connectivity index (χ2n) is 5.76. The zero-order valence-electron chi connectivity index (χ0n) is 15.6. The van der Waals surface area contributed by atoms with Crippen molar-refractivity contribution >= 4 is 23.7 Å². The topological polar surface area (TPSA) is 103 Å². The molecular weight excluding hydrogens is 356 g/mol. The van der Waals surface area contributed by atoms with Gasteiger partial charge in [-0.1, -0.05) is 0 Å². The second-order valence-corrected chi connectivity index (χ2v) is 5.76. The Labute approximate surface area is 157 Å². The van der Waals surface area contributed by atoms with E-state index in [-0.39, 0.29) is 38.4 Å². The summed E-state index contributed by atoms with van der Waals surface area (Å²) in [7, 11) is 3.04. The van der Waals surface area contributed by atoms with Gasteiger partial charge in [0.2, 0.25) is 5.91 Å². The second kappa shape index (κ2) is 9.65. The molecule has 1 aromatic rings. The molecule has 1 aromatic carbocycles. The van der Waals surface area contributed by atoms with E-state index in [1.165, 1.54) is 19.1 Å². The summed E-state index contributed by atoms with van der Waals surface area (Å²) in [4.78, 5) is 36.6. The summed E-state index contributed by atoms with van der Waals surface area (Å²) in [5, 5.41) is 2.66. The van der Waals surface area contributed by atoms with Gasteiger partial charge in [-0.05, 0) is 19.1 Å². The van der Waals surface area contributed by atoms with Crippen LogP contribution in [0.5, 0.6) is 11.5 Å². The van der Waals surface area contributed by atoms with Crippen LogP contribution >= 0.6 is 0 Å². The number of anilines is 1. The van der Waals surface area contributed by atoms with E-state index >= 15 is 0 Å². The van der Waals surface area contributed by atoms with Gasteiger partial charge in [0.05, 0.1) is 46.0 Å². The summed E-state index contributed by atoms with van der Waals surface area (Å²) in [5.41, 5.74) is 0.605. The van der Waals surface area contributed by atoms with Crippen LogP contribution in [0.25, 0.3) is 0 Å². The molecule has 148 valence electrons. The van der Waals surface area contributed by atoms with Gasteiger partial charge in [0, 0.05) is 12.5 Å². The van der Waals surface area contributed by atoms with Crippen LogP contribution in [0.1, 0.15) is 19.8 Å². The molecule has 1 N–H and O–H groups in total. The standard InChI is InChI=1S/C18H24N2O7/c1-4-26-17(22)8-7-16(21)19-10-13-11-20(18(23)27-13)12-5-6-14(24-2)15(9-12)25-3/h5-6,9,13H,4,7-8,10-11H2,1-3H3,(H,19,21)/t13-/m1/s1. The van der Waals surface area contributed by atoms with Crippen molar-refractivity contribution in [1.29, 1.82) is 0 Å². The van der Waals surface area contributed by atoms with E-state index in [9.17, 15) is 14.4 Å². The van der Waals surface area contributed by atoms with Crippen molar-refractivity contribution < 1.29 is 33.3 Å². The number of rotatable bonds is 9. The first kappa shape index (κ1) is 20.3. The molecule has 9 heteroatoms. The van der Waals surface area contributed by atoms with E-state index in [1.807, 2.05) is 0 Å². The van der Waals surface area contributed by atoms with Crippen LogP contribution in [0, 0.1) is 0 Å². The SMILES string of the molecule is CCOC(=O)CCC(=O)NC[C@@H]1CN(c2ccc(OC)c(OC)c2)C(=O)O1. The fourth-order valence-electron chi connectivity index (χ4n) is 2.60. The number of nitrogens with zero attached hydrogens (tertiary/aromatic N) is 1. The molecule has 1 fully saturated rings. The molecule has 1 aliphatic rings. The molecule has 0 aliphatic carbocycles. The van der Waals surface area contributed by atoms with Crippen molar-refractivity contribution in [2.75, 3.05) is 38.8 Å². The van der Waals surface area contributed by atoms with Gasteiger partial charge in [-0.3, -0.25) is 14.5 Å². The number of benzene rings is 1. The normalized spacial score (nSPS) is 15.9. The minimum absolute atomic E-state index is 0.0158. The predicted molar refractivity (Wildman–Crippen MR) is 96.0 cm³/mol. The van der Waals surface area contributed by atoms with E-state index in [4.69, 9.17) is 18.9 Å². The molecule has 1 aliphatic heterocycles. The van der Waals surface area contributed by atoms with Crippen LogP contribution in [-0.4, -0.2) is 58.0 Å². The largest absolute Gasteiger partial charge is 0.493 e. The maximum Gasteiger partial charge on any atom is 0.414 e. The average molecular weight is 380 g/mol. The molecule has 0 bridgehead atoms. The Morgan fingerprint density at radius 3 is 2.63 bits per heavy atom. The van der Waals surface area contributed by atoms with Gasteiger partial charge in [0.1, 0.15) is 6.10 Å². The van der Waals surface area contributed by atoms with Crippen LogP contribution in [0.2, 0.25) is 0 Å². The zero-order chi connectivity index (χ0) is 19.8. The Morgan fingerprint density at radius 1 is 1.22 bits per heavy atom. The average Bonchev–Trinajstić information content (AvgIpc) is 3.05. The number of carbonyl (C=O) groups excluding carboxylic acids is 3. The molecule has 27 heavy (non-hydrogen) atoms. The van der Waals surface area contributed by atoms with E-state index < -0.39 is 18.2 Å². The lowest BCUT2D eigenvalue weighted by molar-refractivity contribution is -0.144. The number of nitrogens with one attached hydrogen (secondary N) is 1. The van der Waals surface area contributed by atoms with Gasteiger partial charge in [-0.15, -0.1) is 0 Å². The van der Waals surface area contributed by atoms with E-state index in [0.29, 0.717) is 17.2 Å². The number of hydrogen-bond acceptors (Lipinski definition) is 7. The Bertz CT molecular complexity index is 692. The predicted octanol–water partition coefficient (Wildman–Crippen LogP) is 1.49. The van der Waals surface area contributed by atoms with Crippen molar-refractivity contribution in [3.05, 3.63) is 18.2 Å². The van der Waals surface area contributed by atoms with Crippen molar-refractivity contribution in [1.82, 2.24) is 5.32 Å². The monoisotopic (exact) mass is 380 g/mol. The Hall–Kier alpha value is -2.97. The van der Waals surface area contributed by atoms with Crippen LogP contribution in [-0.2, 0) is 19.1 Å². The van der Waals surface area contributed by atoms with Gasteiger partial charge in [0.25, 0.3) is 0 Å². The molecule has 2 amide bonds. The molecule has 1 atom stereocenters. The number of ether oxygens (including phenoxy) is 4. The Balaban J connectivity index is 1.86. The van der Waals surface area contributed by atoms with Gasteiger partial charge in [-0.25, -0.2) is 4.79 Å². The molecule has 1 saturated heterocycles. The van der Waals surface area contributed by atoms with Gasteiger partial charge in [0.15, 0.2) is 11.5 Å². The molecule has 0 spiro atoms. The van der Waals surface area contributed by atoms with Crippen LogP contribution in [0.15, 0.2) is 18.2 Å². The quantitative estimate of drug-likeness (QED) is 0.647. The fourth-order valence-corrected chi connectivity index (χ4v) is 2.60. The molecular formula is C18H24N2O7. The van der Waals surface area contributed by atoms with Crippen LogP contribution < -0.4 is 19.7 Å². The highest BCUT2D eigenvalue weighted by Crippen LogP contribution is 2.33. The number of carbonyl (C=O) groups is 3. The molecule has 1 heterocycles. The van der Waals surface area contributed by atoms with E-state index in [0.717, 1.165) is 0 Å². The summed E-state index contributed by atoms with van der Waals surface area (Å²) in [6.07, 6.45) is -0.953. The summed E-state index contributed by atoms with van der Waals surface area (Å²) >= 11 is 0. The van der Waals surface area contributed by atoms with Crippen molar-refractivity contribution in [3.63, 3.8) is 0 Å². The smallest absolute Gasteiger partial charge is 0.414 e. The third kappa shape index (κ3) is 5.50. The van der Waals surface area contributed by atoms with E-state index in [2.05, 4.69) is 5.32 Å². The van der Waals surface area contributed by atoms with E-state index in [1.54, 1.807) is 25.1 Å². The molecule has 0 radical (unpaired) electrons. The minimum atomic E-state index is -0.506. The first-order valence-corrected chi connectivity index (χ1v) is 8.61. The lowest BCUT2D eigenvalue weighted by Crippen LogP contribution is -2.34. The minimum Gasteiger partial charge on any atom is -0.493 e. The molecule has 2 rings (SSSR count). The van der Waals surface area contributed by atoms with Crippen molar-refractivity contribution in [2.45, 2.75) is 25.9 Å². The highest BCUT2D eigenvalue weighted by Gasteiger charge is 2.33. The number of esters is 1. The fraction of sp³-hybridized carbons (Fsp3) is 0.500. The third-order valence-corrected chi connectivity index (χ3v) is 3.94. The molecule has 0 saturated carbocycles. The Kier molecular flexibility index (Phi) is 7.27. The molecule has 0 aromatic heterocycles. The number of cyclic esters (lactones) is 1. The number of amides is 2. The summed E-state index contributed by atoms with van der Waals surface area (Å²) in [5.74, 6) is 0.334. The van der Waals surface area contributed by atoms with Gasteiger partial charge in [-0.2, -0.15) is 0 Å². The third-order valence-electron chi connectivity index (χ3n) is 3.94. The van der Waals surface area contributed by atoms with Crippen molar-refractivity contribution in [3.8, 4) is 11.5 Å². The van der Waals surface area contributed by atoms with Gasteiger partial charge < -0.3 is 24.3 Å². The highest BCUT2D eigenvalue weighted by molar-refractivity contribution is 5.90. The summed E-state index contributed by atoms with van der Waals surface area (Å²) in [6, 6.07) is 5.11. The van der Waals surface area contributed by atoms with Crippen LogP contribution in [0.4, 0.5) is 10.5 Å². The first-order valence-electron chi connectivity index (χ1n) is 8.61. The number of methoxy groups -OCH3 is 2. The van der Waals surface area contributed by atoms with Crippen LogP contribution in [0.3, 0.4) is 0 Å². The summed E-state index contributed by atoms with van der Waals surface area (Å²) < 4.78 is 20.5. The van der Waals surface area contributed by atoms with Gasteiger partial charge >= 0.3 is 12.1 Å². The molecule has 9 nitrogen and oxygen atoms in total.